The first kappa shape index (κ1) is 39.4. The summed E-state index contributed by atoms with van der Waals surface area (Å²) in [6.07, 6.45) is 0.632. The van der Waals surface area contributed by atoms with E-state index < -0.39 is 24.2 Å². The number of rotatable bonds is 14. The van der Waals surface area contributed by atoms with Gasteiger partial charge in [0.25, 0.3) is 0 Å². The van der Waals surface area contributed by atoms with Crippen LogP contribution in [0.4, 0.5) is 4.79 Å². The number of alkyl carbamates (subject to hydrolysis) is 1. The number of carboxylic acid groups (broad SMARTS) is 1. The van der Waals surface area contributed by atoms with Gasteiger partial charge in [0.1, 0.15) is 24.2 Å². The number of phenolic OH excluding ortho intramolecular Hbond substituents is 1. The van der Waals surface area contributed by atoms with Gasteiger partial charge in [0.2, 0.25) is 5.56 Å². The number of aromatic nitrogens is 1. The van der Waals surface area contributed by atoms with E-state index in [4.69, 9.17) is 9.47 Å². The minimum atomic E-state index is -1.04. The van der Waals surface area contributed by atoms with Crippen molar-refractivity contribution in [2.45, 2.75) is 44.2 Å². The molecule has 1 amide bonds. The number of aromatic hydroxyl groups is 1. The first-order chi connectivity index (χ1) is 28.7. The molecule has 1 aromatic heterocycles. The molecular weight excluding hydrogens is 749 g/mol. The molecule has 12 heteroatoms. The molecule has 59 heavy (non-hydrogen) atoms. The van der Waals surface area contributed by atoms with Crippen molar-refractivity contribution in [3.63, 3.8) is 0 Å². The van der Waals surface area contributed by atoms with Crippen LogP contribution >= 0.6 is 0 Å². The zero-order valence-electron chi connectivity index (χ0n) is 32.3. The number of nitrogens with one attached hydrogen (secondary N) is 3. The van der Waals surface area contributed by atoms with Gasteiger partial charge in [0.15, 0.2) is 0 Å². The third-order valence-corrected chi connectivity index (χ3v) is 11.4. The second-order valence-electron chi connectivity index (χ2n) is 15.2. The highest BCUT2D eigenvalue weighted by atomic mass is 16.6. The minimum Gasteiger partial charge on any atom is -0.506 e. The summed E-state index contributed by atoms with van der Waals surface area (Å²) in [4.78, 5) is 42.3. The minimum absolute atomic E-state index is 0.0722. The molecule has 5 aromatic carbocycles. The lowest BCUT2D eigenvalue weighted by Crippen LogP contribution is -2.52. The van der Waals surface area contributed by atoms with Crippen LogP contribution in [0, 0.1) is 5.92 Å². The molecule has 0 radical (unpaired) electrons. The third-order valence-electron chi connectivity index (χ3n) is 11.4. The second kappa shape index (κ2) is 17.6. The molecule has 3 atom stereocenters. The normalized spacial score (nSPS) is 18.2. The van der Waals surface area contributed by atoms with Crippen LogP contribution in [0.15, 0.2) is 126 Å². The Morgan fingerprint density at radius 2 is 1.61 bits per heavy atom. The van der Waals surface area contributed by atoms with Crippen LogP contribution < -0.4 is 20.9 Å². The second-order valence-corrected chi connectivity index (χ2v) is 15.2. The van der Waals surface area contributed by atoms with E-state index in [-0.39, 0.29) is 41.6 Å². The lowest BCUT2D eigenvalue weighted by Gasteiger charge is -2.43. The number of pyridine rings is 1. The molecular formula is C47H46N4O8. The zero-order chi connectivity index (χ0) is 40.9. The fourth-order valence-corrected chi connectivity index (χ4v) is 8.21. The summed E-state index contributed by atoms with van der Waals surface area (Å²) < 4.78 is 12.2. The lowest BCUT2D eigenvalue weighted by molar-refractivity contribution is -0.0336. The van der Waals surface area contributed by atoms with Crippen molar-refractivity contribution < 1.29 is 34.4 Å². The number of carboxylic acids is 1. The SMILES string of the molecule is O=C(NC(c1ccccc1)c1cccc(OCc2ccc(C(=O)O)c(-c3ccc(CNC[C@H](O)c4ccc(O)c5[nH]c(=O)ccc45)cc3)c2)c1)O[C@H]1CN2CCC1CC2. The Bertz CT molecular complexity index is 2500. The summed E-state index contributed by atoms with van der Waals surface area (Å²) in [6.45, 7) is 3.72. The monoisotopic (exact) mass is 794 g/mol. The molecule has 3 aliphatic heterocycles. The van der Waals surface area contributed by atoms with Crippen LogP contribution in [-0.4, -0.2) is 69.5 Å². The van der Waals surface area contributed by atoms with Crippen LogP contribution in [0.3, 0.4) is 0 Å². The molecule has 6 N–H and O–H groups in total. The predicted molar refractivity (Wildman–Crippen MR) is 223 cm³/mol. The first-order valence-electron chi connectivity index (χ1n) is 19.8. The number of phenols is 1. The largest absolute Gasteiger partial charge is 0.506 e. The summed E-state index contributed by atoms with van der Waals surface area (Å²) in [6, 6.07) is 35.6. The molecule has 6 aromatic rings. The zero-order valence-corrected chi connectivity index (χ0v) is 32.3. The van der Waals surface area contributed by atoms with Gasteiger partial charge in [-0.1, -0.05) is 78.9 Å². The number of hydrogen-bond acceptors (Lipinski definition) is 9. The van der Waals surface area contributed by atoms with Crippen molar-refractivity contribution in [1.29, 1.82) is 0 Å². The molecule has 0 spiro atoms. The molecule has 2 bridgehead atoms. The van der Waals surface area contributed by atoms with Crippen molar-refractivity contribution in [3.8, 4) is 22.6 Å². The molecule has 3 fully saturated rings. The Labute approximate surface area is 341 Å². The highest BCUT2D eigenvalue weighted by Crippen LogP contribution is 2.32. The maximum absolute atomic E-state index is 13.3. The van der Waals surface area contributed by atoms with Crippen LogP contribution in [0.2, 0.25) is 0 Å². The average Bonchev–Trinajstić information content (AvgIpc) is 3.26. The van der Waals surface area contributed by atoms with Gasteiger partial charge >= 0.3 is 12.1 Å². The molecule has 302 valence electrons. The summed E-state index contributed by atoms with van der Waals surface area (Å²) in [5, 5.41) is 38.1. The van der Waals surface area contributed by atoms with Gasteiger partial charge in [-0.05, 0) is 107 Å². The number of ether oxygens (including phenoxy) is 2. The van der Waals surface area contributed by atoms with E-state index in [2.05, 4.69) is 20.5 Å². The fraction of sp³-hybridized carbons (Fsp3) is 0.255. The van der Waals surface area contributed by atoms with Crippen LogP contribution in [0.5, 0.6) is 11.5 Å². The Balaban J connectivity index is 0.920. The topological polar surface area (TPSA) is 173 Å². The Morgan fingerprint density at radius 1 is 0.847 bits per heavy atom. The molecule has 4 heterocycles. The number of carbonyl (C=O) groups excluding carboxylic acids is 1. The van der Waals surface area contributed by atoms with Crippen molar-refractivity contribution in [2.75, 3.05) is 26.2 Å². The molecule has 12 nitrogen and oxygen atoms in total. The van der Waals surface area contributed by atoms with E-state index >= 15 is 0 Å². The Hall–Kier alpha value is -6.47. The fourth-order valence-electron chi connectivity index (χ4n) is 8.21. The number of aromatic carboxylic acids is 1. The number of carbonyl (C=O) groups is 2. The summed E-state index contributed by atoms with van der Waals surface area (Å²) in [5.41, 5.74) is 5.37. The van der Waals surface area contributed by atoms with Crippen molar-refractivity contribution >= 4 is 23.0 Å². The molecule has 0 saturated carbocycles. The molecule has 0 aliphatic carbocycles. The van der Waals surface area contributed by atoms with E-state index in [0.29, 0.717) is 34.7 Å². The summed E-state index contributed by atoms with van der Waals surface area (Å²) in [5.74, 6) is -0.127. The summed E-state index contributed by atoms with van der Waals surface area (Å²) in [7, 11) is 0. The number of piperidine rings is 3. The van der Waals surface area contributed by atoms with Gasteiger partial charge in [0, 0.05) is 31.1 Å². The molecule has 9 rings (SSSR count). The van der Waals surface area contributed by atoms with Gasteiger partial charge in [0.05, 0.1) is 23.2 Å². The average molecular weight is 795 g/mol. The number of benzene rings is 5. The van der Waals surface area contributed by atoms with Crippen LogP contribution in [0.1, 0.15) is 63.2 Å². The van der Waals surface area contributed by atoms with E-state index in [9.17, 15) is 29.7 Å². The predicted octanol–water partition coefficient (Wildman–Crippen LogP) is 6.91. The number of aliphatic hydroxyl groups is 1. The number of H-pyrrole nitrogens is 1. The molecule has 3 aliphatic rings. The van der Waals surface area contributed by atoms with E-state index in [1.54, 1.807) is 24.3 Å². The Kier molecular flexibility index (Phi) is 11.7. The van der Waals surface area contributed by atoms with Gasteiger partial charge < -0.3 is 40.4 Å². The quantitative estimate of drug-likeness (QED) is 0.0681. The van der Waals surface area contributed by atoms with Gasteiger partial charge in [-0.25, -0.2) is 9.59 Å². The number of fused-ring (bicyclic) bond motifs is 4. The van der Waals surface area contributed by atoms with Crippen molar-refractivity contribution in [2.24, 2.45) is 5.92 Å². The van der Waals surface area contributed by atoms with Gasteiger partial charge in [-0.2, -0.15) is 0 Å². The summed E-state index contributed by atoms with van der Waals surface area (Å²) >= 11 is 0. The first-order valence-corrected chi connectivity index (χ1v) is 19.8. The third kappa shape index (κ3) is 9.15. The van der Waals surface area contributed by atoms with Crippen LogP contribution in [0.25, 0.3) is 22.0 Å². The number of amides is 1. The van der Waals surface area contributed by atoms with Gasteiger partial charge in [-0.3, -0.25) is 9.69 Å². The van der Waals surface area contributed by atoms with E-state index in [1.807, 2.05) is 84.9 Å². The smallest absolute Gasteiger partial charge is 0.408 e. The number of nitrogens with zero attached hydrogens (tertiary/aromatic N) is 1. The van der Waals surface area contributed by atoms with E-state index in [1.165, 1.54) is 12.1 Å². The Morgan fingerprint density at radius 3 is 2.36 bits per heavy atom. The highest BCUT2D eigenvalue weighted by molar-refractivity contribution is 5.96. The molecule has 1 unspecified atom stereocenters. The standard InChI is InChI=1S/C47H46N4O8/c52-40-17-15-36(37-16-18-43(54)49-45(37)40)41(53)26-48-25-29-9-12-31(13-10-29)39-23-30(11-14-38(39)46(55)56)28-58-35-8-4-7-34(24-35)44(33-5-2-1-3-6-33)50-47(57)59-42-27-51-21-19-32(42)20-22-51/h1-18,23-24,32,41-42,44,48,52-53H,19-22,25-28H2,(H,49,54)(H,50,57)(H,55,56)/t41-,42-,44?/m0/s1. The molecule has 3 saturated heterocycles. The van der Waals surface area contributed by atoms with E-state index in [0.717, 1.165) is 60.3 Å². The maximum atomic E-state index is 13.3. The maximum Gasteiger partial charge on any atom is 0.408 e. The van der Waals surface area contributed by atoms with Crippen molar-refractivity contribution in [1.82, 2.24) is 20.5 Å². The lowest BCUT2D eigenvalue weighted by atomic mass is 9.86. The van der Waals surface area contributed by atoms with Crippen molar-refractivity contribution in [3.05, 3.63) is 165 Å². The number of aliphatic hydroxyl groups excluding tert-OH is 1. The number of hydrogen-bond donors (Lipinski definition) is 6. The highest BCUT2D eigenvalue weighted by Gasteiger charge is 2.37. The van der Waals surface area contributed by atoms with Gasteiger partial charge in [-0.15, -0.1) is 0 Å². The number of aromatic amines is 1. The van der Waals surface area contributed by atoms with Crippen LogP contribution in [-0.2, 0) is 17.9 Å².